The highest BCUT2D eigenvalue weighted by Gasteiger charge is 2.28. The quantitative estimate of drug-likeness (QED) is 0.795. The number of benzene rings is 1. The van der Waals surface area contributed by atoms with Crippen LogP contribution in [0.4, 0.5) is 5.95 Å². The second kappa shape index (κ2) is 9.00. The number of aromatic nitrogens is 2. The van der Waals surface area contributed by atoms with E-state index in [2.05, 4.69) is 4.98 Å². The third-order valence-corrected chi connectivity index (χ3v) is 5.11. The molecule has 0 saturated carbocycles. The Bertz CT molecular complexity index is 882. The molecule has 8 heteroatoms. The van der Waals surface area contributed by atoms with Gasteiger partial charge in [0.2, 0.25) is 17.8 Å². The van der Waals surface area contributed by atoms with E-state index in [1.807, 2.05) is 42.2 Å². The second-order valence-electron chi connectivity index (χ2n) is 7.42. The number of amides is 2. The Balaban J connectivity index is 1.98. The van der Waals surface area contributed by atoms with Gasteiger partial charge in [0.25, 0.3) is 0 Å². The first-order chi connectivity index (χ1) is 13.9. The van der Waals surface area contributed by atoms with Crippen molar-refractivity contribution in [2.75, 3.05) is 45.8 Å². The number of anilines is 1. The van der Waals surface area contributed by atoms with Crippen LogP contribution in [0.5, 0.6) is 0 Å². The van der Waals surface area contributed by atoms with E-state index in [4.69, 9.17) is 15.5 Å². The van der Waals surface area contributed by atoms with Crippen LogP contribution in [-0.2, 0) is 9.53 Å². The summed E-state index contributed by atoms with van der Waals surface area (Å²) in [5.41, 5.74) is 8.53. The van der Waals surface area contributed by atoms with Gasteiger partial charge in [0.05, 0.1) is 5.69 Å². The molecular weight excluding hydrogens is 370 g/mol. The first-order valence-corrected chi connectivity index (χ1v) is 9.62. The Morgan fingerprint density at radius 1 is 1.28 bits per heavy atom. The van der Waals surface area contributed by atoms with Gasteiger partial charge in [-0.3, -0.25) is 9.59 Å². The van der Waals surface area contributed by atoms with Gasteiger partial charge in [-0.15, -0.1) is 0 Å². The predicted octanol–water partition coefficient (Wildman–Crippen LogP) is 1.66. The van der Waals surface area contributed by atoms with Crippen molar-refractivity contribution in [1.29, 1.82) is 0 Å². The van der Waals surface area contributed by atoms with Crippen LogP contribution < -0.4 is 10.6 Å². The SMILES string of the molecule is COCC(=O)N1CCC[C@H](c2nc(N(C)C)ncc2-c2ccc(C(N)=O)cc2)C1. The molecule has 0 bridgehead atoms. The van der Waals surface area contributed by atoms with Crippen molar-refractivity contribution < 1.29 is 14.3 Å². The Morgan fingerprint density at radius 3 is 2.62 bits per heavy atom. The number of carbonyl (C=O) groups is 2. The second-order valence-corrected chi connectivity index (χ2v) is 7.42. The number of likely N-dealkylation sites (tertiary alicyclic amines) is 1. The van der Waals surface area contributed by atoms with Crippen molar-refractivity contribution in [3.8, 4) is 11.1 Å². The van der Waals surface area contributed by atoms with Crippen LogP contribution in [-0.4, -0.2) is 67.6 Å². The summed E-state index contributed by atoms with van der Waals surface area (Å²) in [5, 5.41) is 0. The molecule has 8 nitrogen and oxygen atoms in total. The average molecular weight is 397 g/mol. The van der Waals surface area contributed by atoms with Crippen molar-refractivity contribution in [2.24, 2.45) is 5.73 Å². The smallest absolute Gasteiger partial charge is 0.248 e. The molecule has 154 valence electrons. The number of ether oxygens (including phenoxy) is 1. The first-order valence-electron chi connectivity index (χ1n) is 9.62. The van der Waals surface area contributed by atoms with Gasteiger partial charge in [0, 0.05) is 57.5 Å². The van der Waals surface area contributed by atoms with Crippen LogP contribution in [0.15, 0.2) is 30.5 Å². The lowest BCUT2D eigenvalue weighted by Gasteiger charge is -2.33. The van der Waals surface area contributed by atoms with Crippen LogP contribution in [0, 0.1) is 0 Å². The summed E-state index contributed by atoms with van der Waals surface area (Å²) >= 11 is 0. The van der Waals surface area contributed by atoms with Gasteiger partial charge in [0.15, 0.2) is 0 Å². The summed E-state index contributed by atoms with van der Waals surface area (Å²) in [6, 6.07) is 7.12. The summed E-state index contributed by atoms with van der Waals surface area (Å²) in [7, 11) is 5.33. The predicted molar refractivity (Wildman–Crippen MR) is 111 cm³/mol. The molecule has 2 aromatic rings. The van der Waals surface area contributed by atoms with E-state index in [-0.39, 0.29) is 18.4 Å². The number of methoxy groups -OCH3 is 1. The van der Waals surface area contributed by atoms with Crippen LogP contribution in [0.2, 0.25) is 0 Å². The Hall–Kier alpha value is -3.00. The van der Waals surface area contributed by atoms with Gasteiger partial charge < -0.3 is 20.3 Å². The van der Waals surface area contributed by atoms with E-state index in [9.17, 15) is 9.59 Å². The highest BCUT2D eigenvalue weighted by atomic mass is 16.5. The minimum Gasteiger partial charge on any atom is -0.375 e. The molecule has 0 spiro atoms. The fourth-order valence-corrected chi connectivity index (χ4v) is 3.59. The summed E-state index contributed by atoms with van der Waals surface area (Å²) in [6.07, 6.45) is 3.65. The van der Waals surface area contributed by atoms with Gasteiger partial charge >= 0.3 is 0 Å². The van der Waals surface area contributed by atoms with E-state index in [1.165, 1.54) is 7.11 Å². The van der Waals surface area contributed by atoms with Crippen LogP contribution in [0.3, 0.4) is 0 Å². The van der Waals surface area contributed by atoms with E-state index in [1.54, 1.807) is 12.1 Å². The van der Waals surface area contributed by atoms with Gasteiger partial charge in [-0.2, -0.15) is 0 Å². The summed E-state index contributed by atoms with van der Waals surface area (Å²) in [6.45, 7) is 1.41. The van der Waals surface area contributed by atoms with E-state index < -0.39 is 5.91 Å². The number of hydrogen-bond donors (Lipinski definition) is 1. The molecule has 1 aromatic heterocycles. The first kappa shape index (κ1) is 20.7. The van der Waals surface area contributed by atoms with Crippen LogP contribution in [0.25, 0.3) is 11.1 Å². The molecule has 2 heterocycles. The third kappa shape index (κ3) is 4.71. The number of primary amides is 1. The maximum atomic E-state index is 12.3. The lowest BCUT2D eigenvalue weighted by Crippen LogP contribution is -2.41. The average Bonchev–Trinajstić information content (AvgIpc) is 2.73. The van der Waals surface area contributed by atoms with Crippen molar-refractivity contribution in [2.45, 2.75) is 18.8 Å². The Kier molecular flexibility index (Phi) is 6.43. The zero-order valence-electron chi connectivity index (χ0n) is 17.1. The monoisotopic (exact) mass is 397 g/mol. The van der Waals surface area contributed by atoms with Crippen LogP contribution in [0.1, 0.15) is 34.8 Å². The van der Waals surface area contributed by atoms with Gasteiger partial charge in [0.1, 0.15) is 6.61 Å². The maximum absolute atomic E-state index is 12.3. The Morgan fingerprint density at radius 2 is 2.00 bits per heavy atom. The molecule has 1 aliphatic rings. The lowest BCUT2D eigenvalue weighted by molar-refractivity contribution is -0.136. The fraction of sp³-hybridized carbons (Fsp3) is 0.429. The molecule has 1 saturated heterocycles. The molecule has 2 amide bonds. The normalized spacial score (nSPS) is 16.5. The van der Waals surface area contributed by atoms with E-state index in [0.29, 0.717) is 18.1 Å². The molecule has 1 aliphatic heterocycles. The van der Waals surface area contributed by atoms with Gasteiger partial charge in [-0.05, 0) is 30.5 Å². The number of hydrogen-bond acceptors (Lipinski definition) is 6. The summed E-state index contributed by atoms with van der Waals surface area (Å²) < 4.78 is 5.01. The zero-order chi connectivity index (χ0) is 21.0. The van der Waals surface area contributed by atoms with E-state index >= 15 is 0 Å². The molecule has 0 unspecified atom stereocenters. The fourth-order valence-electron chi connectivity index (χ4n) is 3.59. The molecule has 0 radical (unpaired) electrons. The number of piperidine rings is 1. The van der Waals surface area contributed by atoms with Gasteiger partial charge in [-0.25, -0.2) is 9.97 Å². The number of carbonyl (C=O) groups excluding carboxylic acids is 2. The maximum Gasteiger partial charge on any atom is 0.248 e. The summed E-state index contributed by atoms with van der Waals surface area (Å²) in [5.74, 6) is 0.247. The number of nitrogens with two attached hydrogens (primary N) is 1. The molecule has 1 aromatic carbocycles. The number of nitrogens with zero attached hydrogens (tertiary/aromatic N) is 4. The minimum absolute atomic E-state index is 0.00792. The molecule has 3 rings (SSSR count). The minimum atomic E-state index is -0.462. The van der Waals surface area contributed by atoms with Crippen molar-refractivity contribution in [1.82, 2.24) is 14.9 Å². The molecule has 29 heavy (non-hydrogen) atoms. The summed E-state index contributed by atoms with van der Waals surface area (Å²) in [4.78, 5) is 36.7. The largest absolute Gasteiger partial charge is 0.375 e. The third-order valence-electron chi connectivity index (χ3n) is 5.11. The van der Waals surface area contributed by atoms with Crippen molar-refractivity contribution >= 4 is 17.8 Å². The van der Waals surface area contributed by atoms with Crippen molar-refractivity contribution in [3.05, 3.63) is 41.7 Å². The van der Waals surface area contributed by atoms with E-state index in [0.717, 1.165) is 36.2 Å². The van der Waals surface area contributed by atoms with Crippen molar-refractivity contribution in [3.63, 3.8) is 0 Å². The lowest BCUT2D eigenvalue weighted by atomic mass is 9.89. The molecule has 1 atom stereocenters. The molecule has 1 fully saturated rings. The topological polar surface area (TPSA) is 102 Å². The molecule has 0 aliphatic carbocycles. The van der Waals surface area contributed by atoms with Crippen LogP contribution >= 0.6 is 0 Å². The standard InChI is InChI=1S/C21H27N5O3/c1-25(2)21-23-11-17(14-6-8-15(9-7-14)20(22)28)19(24-21)16-5-4-10-26(12-16)18(27)13-29-3/h6-9,11,16H,4-5,10,12-13H2,1-3H3,(H2,22,28)/t16-/m0/s1. The number of rotatable bonds is 6. The molecular formula is C21H27N5O3. The van der Waals surface area contributed by atoms with Gasteiger partial charge in [-0.1, -0.05) is 12.1 Å². The molecule has 2 N–H and O–H groups in total. The Labute approximate surface area is 170 Å². The zero-order valence-corrected chi connectivity index (χ0v) is 17.1. The highest BCUT2D eigenvalue weighted by molar-refractivity contribution is 5.93. The highest BCUT2D eigenvalue weighted by Crippen LogP contribution is 2.34.